The Morgan fingerprint density at radius 3 is 2.83 bits per heavy atom. The highest BCUT2D eigenvalue weighted by atomic mass is 16.3. The van der Waals surface area contributed by atoms with Gasteiger partial charge >= 0.3 is 0 Å². The summed E-state index contributed by atoms with van der Waals surface area (Å²) < 4.78 is 5.87. The smallest absolute Gasteiger partial charge is 0.122 e. The lowest BCUT2D eigenvalue weighted by atomic mass is 9.76. The third-order valence-corrected chi connectivity index (χ3v) is 4.39. The maximum atomic E-state index is 5.87. The molecule has 0 radical (unpaired) electrons. The number of aryl methyl sites for hydroxylation is 1. The molecule has 0 aliphatic heterocycles. The van der Waals surface area contributed by atoms with Crippen LogP contribution in [-0.4, -0.2) is 0 Å². The lowest BCUT2D eigenvalue weighted by Crippen LogP contribution is -2.35. The van der Waals surface area contributed by atoms with Gasteiger partial charge in [-0.3, -0.25) is 5.84 Å². The first-order valence-corrected chi connectivity index (χ1v) is 7.33. The molecule has 1 aliphatic carbocycles. The molecular formula is C15H26N2O. The summed E-state index contributed by atoms with van der Waals surface area (Å²) >= 11 is 0. The quantitative estimate of drug-likeness (QED) is 0.620. The molecule has 1 aliphatic rings. The van der Waals surface area contributed by atoms with E-state index in [0.29, 0.717) is 5.92 Å². The van der Waals surface area contributed by atoms with E-state index in [0.717, 1.165) is 23.9 Å². The zero-order valence-corrected chi connectivity index (χ0v) is 11.6. The molecule has 0 amide bonds. The third-order valence-electron chi connectivity index (χ3n) is 4.39. The summed E-state index contributed by atoms with van der Waals surface area (Å²) in [7, 11) is 0. The number of furan rings is 1. The fourth-order valence-corrected chi connectivity index (χ4v) is 3.21. The van der Waals surface area contributed by atoms with Gasteiger partial charge in [-0.2, -0.15) is 0 Å². The minimum atomic E-state index is 0.180. The average molecular weight is 250 g/mol. The second kappa shape index (κ2) is 6.39. The van der Waals surface area contributed by atoms with Crippen LogP contribution in [-0.2, 0) is 6.42 Å². The second-order valence-electron chi connectivity index (χ2n) is 5.50. The molecule has 102 valence electrons. The van der Waals surface area contributed by atoms with Gasteiger partial charge in [-0.15, -0.1) is 0 Å². The molecule has 0 spiro atoms. The molecular weight excluding hydrogens is 224 g/mol. The van der Waals surface area contributed by atoms with E-state index in [1.54, 1.807) is 0 Å². The first-order valence-electron chi connectivity index (χ1n) is 7.33. The highest BCUT2D eigenvalue weighted by molar-refractivity contribution is 5.12. The minimum absolute atomic E-state index is 0.180. The molecule has 0 bridgehead atoms. The molecule has 0 aromatic carbocycles. The lowest BCUT2D eigenvalue weighted by molar-refractivity contribution is 0.193. The van der Waals surface area contributed by atoms with Crippen molar-refractivity contribution in [1.82, 2.24) is 5.43 Å². The van der Waals surface area contributed by atoms with Gasteiger partial charge in [0, 0.05) is 6.42 Å². The van der Waals surface area contributed by atoms with Gasteiger partial charge in [0.2, 0.25) is 0 Å². The third kappa shape index (κ3) is 2.96. The van der Waals surface area contributed by atoms with Crippen molar-refractivity contribution in [3.05, 3.63) is 23.7 Å². The molecule has 1 aromatic rings. The van der Waals surface area contributed by atoms with Crippen LogP contribution in [0.5, 0.6) is 0 Å². The molecule has 3 heteroatoms. The van der Waals surface area contributed by atoms with Crippen LogP contribution in [0.15, 0.2) is 16.5 Å². The zero-order chi connectivity index (χ0) is 13.0. The van der Waals surface area contributed by atoms with Crippen molar-refractivity contribution in [3.63, 3.8) is 0 Å². The number of hydrazine groups is 1. The van der Waals surface area contributed by atoms with E-state index in [-0.39, 0.29) is 6.04 Å². The van der Waals surface area contributed by atoms with Crippen molar-refractivity contribution < 1.29 is 4.42 Å². The molecule has 3 nitrogen and oxygen atoms in total. The van der Waals surface area contributed by atoms with Gasteiger partial charge in [0.15, 0.2) is 0 Å². The Balaban J connectivity index is 2.07. The molecule has 18 heavy (non-hydrogen) atoms. The summed E-state index contributed by atoms with van der Waals surface area (Å²) in [6.45, 7) is 4.40. The lowest BCUT2D eigenvalue weighted by Gasteiger charge is -2.33. The summed E-state index contributed by atoms with van der Waals surface area (Å²) in [4.78, 5) is 0. The van der Waals surface area contributed by atoms with Gasteiger partial charge in [0.05, 0.1) is 6.04 Å². The molecule has 1 heterocycles. The van der Waals surface area contributed by atoms with E-state index in [2.05, 4.69) is 31.4 Å². The van der Waals surface area contributed by atoms with E-state index >= 15 is 0 Å². The minimum Gasteiger partial charge on any atom is -0.464 e. The van der Waals surface area contributed by atoms with Crippen LogP contribution in [0.25, 0.3) is 0 Å². The molecule has 3 unspecified atom stereocenters. The van der Waals surface area contributed by atoms with Crippen LogP contribution in [0.4, 0.5) is 0 Å². The predicted molar refractivity (Wildman–Crippen MR) is 73.9 cm³/mol. The number of nitrogens with one attached hydrogen (secondary N) is 1. The SMILES string of the molecule is CCc1ccc(C(NN)C2CCCC(CC)C2)o1. The summed E-state index contributed by atoms with van der Waals surface area (Å²) in [6, 6.07) is 4.33. The number of hydrogen-bond acceptors (Lipinski definition) is 3. The molecule has 1 saturated carbocycles. The van der Waals surface area contributed by atoms with Crippen LogP contribution in [0.3, 0.4) is 0 Å². The fraction of sp³-hybridized carbons (Fsp3) is 0.733. The highest BCUT2D eigenvalue weighted by Gasteiger charge is 2.29. The summed E-state index contributed by atoms with van der Waals surface area (Å²) in [5.41, 5.74) is 2.98. The monoisotopic (exact) mass is 250 g/mol. The van der Waals surface area contributed by atoms with Gasteiger partial charge in [-0.05, 0) is 36.8 Å². The van der Waals surface area contributed by atoms with Crippen molar-refractivity contribution >= 4 is 0 Å². The van der Waals surface area contributed by atoms with Crippen LogP contribution in [0.2, 0.25) is 0 Å². The molecule has 0 saturated heterocycles. The fourth-order valence-electron chi connectivity index (χ4n) is 3.21. The van der Waals surface area contributed by atoms with Crippen LogP contribution in [0, 0.1) is 11.8 Å². The Kier molecular flexibility index (Phi) is 4.84. The van der Waals surface area contributed by atoms with Gasteiger partial charge < -0.3 is 4.42 Å². The van der Waals surface area contributed by atoms with Crippen molar-refractivity contribution in [1.29, 1.82) is 0 Å². The van der Waals surface area contributed by atoms with E-state index in [9.17, 15) is 0 Å². The maximum Gasteiger partial charge on any atom is 0.122 e. The Labute approximate surface area is 110 Å². The second-order valence-corrected chi connectivity index (χ2v) is 5.50. The standard InChI is InChI=1S/C15H26N2O/c1-3-11-6-5-7-12(10-11)15(17-16)14-9-8-13(4-2)18-14/h8-9,11-12,15,17H,3-7,10,16H2,1-2H3. The molecule has 3 atom stereocenters. The van der Waals surface area contributed by atoms with E-state index in [1.165, 1.54) is 32.1 Å². The average Bonchev–Trinajstić information content (AvgIpc) is 2.88. The Morgan fingerprint density at radius 1 is 1.39 bits per heavy atom. The first kappa shape index (κ1) is 13.6. The number of rotatable bonds is 5. The maximum absolute atomic E-state index is 5.87. The summed E-state index contributed by atoms with van der Waals surface area (Å²) in [6.07, 6.45) is 7.46. The van der Waals surface area contributed by atoms with Crippen molar-refractivity contribution in [2.75, 3.05) is 0 Å². The Bertz CT molecular complexity index is 361. The molecule has 2 rings (SSSR count). The molecule has 1 aromatic heterocycles. The number of nitrogens with two attached hydrogens (primary N) is 1. The topological polar surface area (TPSA) is 51.2 Å². The van der Waals surface area contributed by atoms with E-state index in [1.807, 2.05) is 0 Å². The van der Waals surface area contributed by atoms with Crippen LogP contribution < -0.4 is 11.3 Å². The van der Waals surface area contributed by atoms with Gasteiger partial charge in [-0.1, -0.05) is 33.1 Å². The van der Waals surface area contributed by atoms with Gasteiger partial charge in [0.1, 0.15) is 11.5 Å². The van der Waals surface area contributed by atoms with Crippen molar-refractivity contribution in [2.24, 2.45) is 17.7 Å². The molecule has 1 fully saturated rings. The largest absolute Gasteiger partial charge is 0.464 e. The predicted octanol–water partition coefficient (Wildman–Crippen LogP) is 3.56. The van der Waals surface area contributed by atoms with E-state index in [4.69, 9.17) is 10.3 Å². The van der Waals surface area contributed by atoms with Crippen LogP contribution >= 0.6 is 0 Å². The first-order chi connectivity index (χ1) is 8.78. The van der Waals surface area contributed by atoms with Crippen LogP contribution in [0.1, 0.15) is 63.5 Å². The Morgan fingerprint density at radius 2 is 2.22 bits per heavy atom. The molecule has 3 N–H and O–H groups in total. The van der Waals surface area contributed by atoms with E-state index < -0.39 is 0 Å². The summed E-state index contributed by atoms with van der Waals surface area (Å²) in [5, 5.41) is 0. The highest BCUT2D eigenvalue weighted by Crippen LogP contribution is 2.38. The van der Waals surface area contributed by atoms with Gasteiger partial charge in [-0.25, -0.2) is 5.43 Å². The zero-order valence-electron chi connectivity index (χ0n) is 11.6. The van der Waals surface area contributed by atoms with Crippen molar-refractivity contribution in [3.8, 4) is 0 Å². The van der Waals surface area contributed by atoms with Crippen molar-refractivity contribution in [2.45, 2.75) is 58.4 Å². The summed E-state index contributed by atoms with van der Waals surface area (Å²) in [5.74, 6) is 9.30. The Hall–Kier alpha value is -0.800. The number of hydrogen-bond donors (Lipinski definition) is 2. The normalized spacial score (nSPS) is 26.2. The van der Waals surface area contributed by atoms with Gasteiger partial charge in [0.25, 0.3) is 0 Å².